The number of H-pyrrole nitrogens is 1. The molecule has 20 heavy (non-hydrogen) atoms. The number of carbonyl (C=O) groups is 1. The van der Waals surface area contributed by atoms with E-state index < -0.39 is 0 Å². The van der Waals surface area contributed by atoms with Gasteiger partial charge in [-0.15, -0.1) is 11.3 Å². The van der Waals surface area contributed by atoms with Gasteiger partial charge in [-0.25, -0.2) is 0 Å². The van der Waals surface area contributed by atoms with E-state index >= 15 is 0 Å². The van der Waals surface area contributed by atoms with Crippen LogP contribution in [-0.4, -0.2) is 16.1 Å². The Labute approximate surface area is 126 Å². The number of hydrogen-bond donors (Lipinski definition) is 2. The molecule has 0 aromatic carbocycles. The van der Waals surface area contributed by atoms with Gasteiger partial charge in [0, 0.05) is 16.1 Å². The predicted octanol–water partition coefficient (Wildman–Crippen LogP) is 3.55. The van der Waals surface area contributed by atoms with Crippen LogP contribution >= 0.6 is 22.9 Å². The number of fused-ring (bicyclic) bond motifs is 1. The highest BCUT2D eigenvalue weighted by molar-refractivity contribution is 7.16. The molecule has 3 rings (SSSR count). The molecular weight excluding hydrogens is 294 g/mol. The molecule has 1 unspecified atom stereocenters. The van der Waals surface area contributed by atoms with Gasteiger partial charge in [0.1, 0.15) is 0 Å². The zero-order valence-electron chi connectivity index (χ0n) is 11.4. The van der Waals surface area contributed by atoms with Crippen molar-refractivity contribution in [2.24, 2.45) is 0 Å². The van der Waals surface area contributed by atoms with E-state index in [0.29, 0.717) is 5.69 Å². The highest BCUT2D eigenvalue weighted by atomic mass is 35.5. The van der Waals surface area contributed by atoms with E-state index in [1.165, 1.54) is 10.4 Å². The number of thiophene rings is 1. The van der Waals surface area contributed by atoms with Crippen molar-refractivity contribution in [3.8, 4) is 0 Å². The van der Waals surface area contributed by atoms with Crippen LogP contribution < -0.4 is 5.32 Å². The zero-order chi connectivity index (χ0) is 14.3. The van der Waals surface area contributed by atoms with Gasteiger partial charge in [-0.05, 0) is 44.7 Å². The highest BCUT2D eigenvalue weighted by Crippen LogP contribution is 2.37. The minimum absolute atomic E-state index is 0.0476. The predicted molar refractivity (Wildman–Crippen MR) is 80.5 cm³/mol. The number of nitrogens with zero attached hydrogens (tertiary/aromatic N) is 1. The topological polar surface area (TPSA) is 57.8 Å². The van der Waals surface area contributed by atoms with Crippen molar-refractivity contribution in [2.45, 2.75) is 39.2 Å². The van der Waals surface area contributed by atoms with Crippen LogP contribution in [0.4, 0.5) is 0 Å². The lowest BCUT2D eigenvalue weighted by Gasteiger charge is -2.23. The number of aromatic nitrogens is 2. The van der Waals surface area contributed by atoms with Crippen LogP contribution in [0.2, 0.25) is 4.34 Å². The summed E-state index contributed by atoms with van der Waals surface area (Å²) in [7, 11) is 0. The van der Waals surface area contributed by atoms with Crippen molar-refractivity contribution in [1.29, 1.82) is 0 Å². The van der Waals surface area contributed by atoms with Gasteiger partial charge < -0.3 is 5.32 Å². The summed E-state index contributed by atoms with van der Waals surface area (Å²) in [5, 5.41) is 10.0. The summed E-state index contributed by atoms with van der Waals surface area (Å²) < 4.78 is 0.794. The van der Waals surface area contributed by atoms with Gasteiger partial charge in [-0.1, -0.05) is 11.6 Å². The first-order valence-electron chi connectivity index (χ1n) is 6.67. The molecule has 0 saturated heterocycles. The van der Waals surface area contributed by atoms with E-state index in [0.717, 1.165) is 34.9 Å². The minimum Gasteiger partial charge on any atom is -0.344 e. The van der Waals surface area contributed by atoms with Crippen molar-refractivity contribution in [2.75, 3.05) is 0 Å². The molecule has 2 aromatic heterocycles. The van der Waals surface area contributed by atoms with Gasteiger partial charge in [-0.3, -0.25) is 9.89 Å². The number of hydrogen-bond acceptors (Lipinski definition) is 3. The number of carbonyl (C=O) groups excluding carboxylic acids is 1. The largest absolute Gasteiger partial charge is 0.344 e. The number of nitrogens with one attached hydrogen (secondary N) is 2. The molecule has 0 saturated carbocycles. The van der Waals surface area contributed by atoms with E-state index in [1.807, 2.05) is 19.9 Å². The second-order valence-corrected chi connectivity index (χ2v) is 6.94. The van der Waals surface area contributed by atoms with Gasteiger partial charge in [-0.2, -0.15) is 5.10 Å². The molecule has 1 aliphatic carbocycles. The van der Waals surface area contributed by atoms with E-state index in [1.54, 1.807) is 11.3 Å². The van der Waals surface area contributed by atoms with E-state index in [4.69, 9.17) is 11.6 Å². The Hall–Kier alpha value is -1.33. The second-order valence-electron chi connectivity index (χ2n) is 5.17. The Morgan fingerprint density at radius 1 is 1.55 bits per heavy atom. The van der Waals surface area contributed by atoms with Crippen molar-refractivity contribution in [1.82, 2.24) is 15.5 Å². The number of aromatic amines is 1. The molecule has 0 fully saturated rings. The summed E-state index contributed by atoms with van der Waals surface area (Å²) in [6.07, 6.45) is 3.08. The second kappa shape index (κ2) is 5.22. The van der Waals surface area contributed by atoms with Crippen LogP contribution in [0, 0.1) is 13.8 Å². The van der Waals surface area contributed by atoms with E-state index in [-0.39, 0.29) is 11.9 Å². The quantitative estimate of drug-likeness (QED) is 0.891. The van der Waals surface area contributed by atoms with Crippen molar-refractivity contribution >= 4 is 28.8 Å². The molecular formula is C14H16ClN3OS. The highest BCUT2D eigenvalue weighted by Gasteiger charge is 2.25. The summed E-state index contributed by atoms with van der Waals surface area (Å²) in [6, 6.07) is 2.03. The molecule has 1 amide bonds. The van der Waals surface area contributed by atoms with Gasteiger partial charge in [0.2, 0.25) is 0 Å². The van der Waals surface area contributed by atoms with Gasteiger partial charge >= 0.3 is 0 Å². The molecule has 0 bridgehead atoms. The van der Waals surface area contributed by atoms with Crippen LogP contribution in [0.25, 0.3) is 0 Å². The number of amides is 1. The molecule has 0 spiro atoms. The fraction of sp³-hybridized carbons (Fsp3) is 0.429. The summed E-state index contributed by atoms with van der Waals surface area (Å²) in [6.45, 7) is 3.82. The monoisotopic (exact) mass is 309 g/mol. The molecule has 1 aliphatic rings. The molecule has 4 nitrogen and oxygen atoms in total. The maximum atomic E-state index is 12.3. The minimum atomic E-state index is -0.118. The summed E-state index contributed by atoms with van der Waals surface area (Å²) >= 11 is 7.70. The maximum absolute atomic E-state index is 12.3. The Kier molecular flexibility index (Phi) is 3.56. The fourth-order valence-electron chi connectivity index (χ4n) is 2.60. The molecule has 2 N–H and O–H groups in total. The first-order chi connectivity index (χ1) is 9.56. The fourth-order valence-corrected chi connectivity index (χ4v) is 3.99. The molecule has 6 heteroatoms. The lowest BCUT2D eigenvalue weighted by atomic mass is 9.94. The van der Waals surface area contributed by atoms with Gasteiger partial charge in [0.15, 0.2) is 5.69 Å². The smallest absolute Gasteiger partial charge is 0.272 e. The van der Waals surface area contributed by atoms with Gasteiger partial charge in [0.25, 0.3) is 5.91 Å². The van der Waals surface area contributed by atoms with Crippen LogP contribution in [-0.2, 0) is 6.42 Å². The molecule has 2 aromatic rings. The van der Waals surface area contributed by atoms with Crippen molar-refractivity contribution < 1.29 is 4.79 Å². The standard InChI is InChI=1S/C14H16ClN3OS/c1-7-8(2)17-18-13(7)14(19)16-10-4-3-5-11-9(10)6-12(15)20-11/h6,10H,3-5H2,1-2H3,(H,16,19)(H,17,18). The first kappa shape index (κ1) is 13.6. The summed E-state index contributed by atoms with van der Waals surface area (Å²) in [4.78, 5) is 13.6. The first-order valence-corrected chi connectivity index (χ1v) is 7.86. The third-order valence-electron chi connectivity index (χ3n) is 3.86. The molecule has 106 valence electrons. The third kappa shape index (κ3) is 2.36. The molecule has 0 aliphatic heterocycles. The van der Waals surface area contributed by atoms with E-state index in [9.17, 15) is 4.79 Å². The van der Waals surface area contributed by atoms with Crippen LogP contribution in [0.3, 0.4) is 0 Å². The summed E-state index contributed by atoms with van der Waals surface area (Å²) in [5.41, 5.74) is 3.49. The van der Waals surface area contributed by atoms with Crippen molar-refractivity contribution in [3.05, 3.63) is 37.8 Å². The van der Waals surface area contributed by atoms with E-state index in [2.05, 4.69) is 15.5 Å². The molecule has 0 radical (unpaired) electrons. The van der Waals surface area contributed by atoms with Crippen LogP contribution in [0.1, 0.15) is 51.1 Å². The van der Waals surface area contributed by atoms with Crippen LogP contribution in [0.5, 0.6) is 0 Å². The van der Waals surface area contributed by atoms with Gasteiger partial charge in [0.05, 0.1) is 10.4 Å². The van der Waals surface area contributed by atoms with Crippen molar-refractivity contribution in [3.63, 3.8) is 0 Å². The Morgan fingerprint density at radius 2 is 2.35 bits per heavy atom. The molecule has 1 atom stereocenters. The zero-order valence-corrected chi connectivity index (χ0v) is 13.0. The summed E-state index contributed by atoms with van der Waals surface area (Å²) in [5.74, 6) is -0.118. The maximum Gasteiger partial charge on any atom is 0.272 e. The third-order valence-corrected chi connectivity index (χ3v) is 5.20. The number of rotatable bonds is 2. The Bertz CT molecular complexity index is 661. The average Bonchev–Trinajstić information content (AvgIpc) is 2.94. The lowest BCUT2D eigenvalue weighted by Crippen LogP contribution is -2.31. The average molecular weight is 310 g/mol. The lowest BCUT2D eigenvalue weighted by molar-refractivity contribution is 0.0927. The Morgan fingerprint density at radius 3 is 3.05 bits per heavy atom. The molecule has 2 heterocycles. The SMILES string of the molecule is Cc1[nH]nc(C(=O)NC2CCCc3sc(Cl)cc32)c1C. The number of aryl methyl sites for hydroxylation is 2. The number of halogens is 1. The Balaban J connectivity index is 1.82. The normalized spacial score (nSPS) is 17.9. The van der Waals surface area contributed by atoms with Crippen LogP contribution in [0.15, 0.2) is 6.07 Å².